The summed E-state index contributed by atoms with van der Waals surface area (Å²) in [6.07, 6.45) is 4.75. The van der Waals surface area contributed by atoms with Crippen LogP contribution in [0, 0.1) is 16.9 Å². The zero-order valence-corrected chi connectivity index (χ0v) is 36.4. The molecule has 0 unspecified atom stereocenters. The number of benzene rings is 4. The van der Waals surface area contributed by atoms with Crippen molar-refractivity contribution in [3.8, 4) is 22.6 Å². The Labute approximate surface area is 335 Å². The van der Waals surface area contributed by atoms with E-state index in [1.165, 1.54) is 38.9 Å². The van der Waals surface area contributed by atoms with Gasteiger partial charge in [0.2, 0.25) is 0 Å². The van der Waals surface area contributed by atoms with E-state index in [1.807, 2.05) is 47.6 Å². The molecule has 0 fully saturated rings. The molecule has 6 aromatic rings. The number of carbonyl (C=O) groups excluding carboxylic acids is 1. The van der Waals surface area contributed by atoms with Gasteiger partial charge in [-0.2, -0.15) is 0 Å². The predicted molar refractivity (Wildman–Crippen MR) is 223 cm³/mol. The Morgan fingerprint density at radius 2 is 1.39 bits per heavy atom. The van der Waals surface area contributed by atoms with Crippen LogP contribution in [0.1, 0.15) is 119 Å². The molecule has 0 spiro atoms. The van der Waals surface area contributed by atoms with Crippen LogP contribution in [0.2, 0.25) is 0 Å². The van der Waals surface area contributed by atoms with Gasteiger partial charge >= 0.3 is 0 Å². The third-order valence-electron chi connectivity index (χ3n) is 12.5. The first-order valence-electron chi connectivity index (χ1n) is 19.4. The van der Waals surface area contributed by atoms with Crippen LogP contribution >= 0.6 is 0 Å². The fourth-order valence-electron chi connectivity index (χ4n) is 7.92. The van der Waals surface area contributed by atoms with Crippen LogP contribution < -0.4 is 0 Å². The van der Waals surface area contributed by atoms with Crippen molar-refractivity contribution in [2.75, 3.05) is 0 Å². The number of hydrogen-bond acceptors (Lipinski definition) is 4. The van der Waals surface area contributed by atoms with E-state index in [0.29, 0.717) is 0 Å². The predicted octanol–water partition coefficient (Wildman–Crippen LogP) is 13.9. The normalized spacial score (nSPS) is 14.0. The van der Waals surface area contributed by atoms with E-state index in [9.17, 15) is 9.90 Å². The molecule has 7 rings (SSSR count). The zero-order chi connectivity index (χ0) is 38.5. The van der Waals surface area contributed by atoms with E-state index in [0.717, 1.165) is 64.8 Å². The van der Waals surface area contributed by atoms with Gasteiger partial charge in [-0.05, 0) is 65.3 Å². The Morgan fingerprint density at radius 3 is 2.00 bits per heavy atom. The Hall–Kier alpha value is -4.05. The minimum Gasteiger partial charge on any atom is -0.512 e. The van der Waals surface area contributed by atoms with Crippen LogP contribution in [0.5, 0.6) is 0 Å². The molecular weight excluding hydrogens is 843 g/mol. The molecular formula is C49H56IrNO3-. The molecule has 4 aromatic carbocycles. The summed E-state index contributed by atoms with van der Waals surface area (Å²) in [5, 5.41) is 14.9. The van der Waals surface area contributed by atoms with Crippen LogP contribution in [-0.4, -0.2) is 15.9 Å². The van der Waals surface area contributed by atoms with Gasteiger partial charge in [-0.1, -0.05) is 136 Å². The summed E-state index contributed by atoms with van der Waals surface area (Å²) in [6, 6.07) is 31.4. The molecule has 2 aromatic heterocycles. The van der Waals surface area contributed by atoms with Gasteiger partial charge < -0.3 is 9.52 Å². The van der Waals surface area contributed by atoms with Crippen molar-refractivity contribution < 1.29 is 34.4 Å². The standard InChI is InChI=1S/C34H28NO.C15H28O2.Ir/c1-33(2,3)24-16-11-18-26-28(24)20-12-6-7-13-21(20)31(35-26)23-15-10-17-25-29(23)32-30(34(25,4)5)22-14-8-9-19-27(22)36-32;1-7-14(5,8-2)12(16)11-13(17)15(6,9-3)10-4;/h6-14,16-19H,1-5H3;11,16H,7-10H2,1-6H3;/q-1;;/b;12-11-;. The number of furan rings is 1. The average Bonchev–Trinajstić information content (AvgIpc) is 3.66. The number of aliphatic hydroxyl groups excluding tert-OH is 1. The van der Waals surface area contributed by atoms with E-state index in [4.69, 9.17) is 9.40 Å². The van der Waals surface area contributed by atoms with Crippen molar-refractivity contribution >= 4 is 38.4 Å². The molecule has 0 saturated heterocycles. The number of fused-ring (bicyclic) bond motifs is 8. The van der Waals surface area contributed by atoms with Gasteiger partial charge in [-0.3, -0.25) is 9.78 Å². The van der Waals surface area contributed by atoms with Crippen LogP contribution in [0.3, 0.4) is 0 Å². The van der Waals surface area contributed by atoms with Crippen LogP contribution in [-0.2, 0) is 35.7 Å². The Balaban J connectivity index is 0.000000267. The van der Waals surface area contributed by atoms with Crippen molar-refractivity contribution in [3.63, 3.8) is 0 Å². The number of pyridine rings is 1. The molecule has 2 heterocycles. The number of ketones is 1. The third-order valence-corrected chi connectivity index (χ3v) is 12.5. The van der Waals surface area contributed by atoms with Crippen molar-refractivity contribution in [3.05, 3.63) is 113 Å². The van der Waals surface area contributed by atoms with Gasteiger partial charge in [0, 0.05) is 58.8 Å². The fourth-order valence-corrected chi connectivity index (χ4v) is 7.92. The average molecular weight is 899 g/mol. The molecule has 54 heavy (non-hydrogen) atoms. The maximum absolute atomic E-state index is 12.2. The summed E-state index contributed by atoms with van der Waals surface area (Å²) in [4.78, 5) is 17.5. The third kappa shape index (κ3) is 6.88. The number of aromatic nitrogens is 1. The minimum atomic E-state index is -0.337. The Morgan fingerprint density at radius 1 is 0.796 bits per heavy atom. The molecule has 5 heteroatoms. The van der Waals surface area contributed by atoms with Crippen molar-refractivity contribution in [2.24, 2.45) is 10.8 Å². The minimum absolute atomic E-state index is 0. The SMILES string of the molecule is CC(C)(C)c1cccc2nc(-c3[c-]ccc4c3-c3oc5ccccc5c3C4(C)C)c3ccccc3c12.CCC(C)(CC)C(=O)/C=C(\O)C(C)(CC)CC.[Ir]. The van der Waals surface area contributed by atoms with Gasteiger partial charge in [-0.25, -0.2) is 0 Å². The second-order valence-electron chi connectivity index (χ2n) is 17.0. The molecule has 1 aliphatic rings. The second-order valence-corrected chi connectivity index (χ2v) is 17.0. The smallest absolute Gasteiger partial charge is 0.164 e. The van der Waals surface area contributed by atoms with Crippen molar-refractivity contribution in [2.45, 2.75) is 113 Å². The summed E-state index contributed by atoms with van der Waals surface area (Å²) >= 11 is 0. The van der Waals surface area contributed by atoms with Crippen LogP contribution in [0.25, 0.3) is 55.2 Å². The van der Waals surface area contributed by atoms with E-state index in [1.54, 1.807) is 0 Å². The maximum atomic E-state index is 12.2. The Bertz CT molecular complexity index is 2360. The Kier molecular flexibility index (Phi) is 11.6. The molecule has 0 bridgehead atoms. The van der Waals surface area contributed by atoms with Crippen molar-refractivity contribution in [1.29, 1.82) is 0 Å². The van der Waals surface area contributed by atoms with Gasteiger partial charge in [0.15, 0.2) is 5.78 Å². The molecule has 4 nitrogen and oxygen atoms in total. The monoisotopic (exact) mass is 899 g/mol. The van der Waals surface area contributed by atoms with E-state index in [-0.39, 0.29) is 53.3 Å². The van der Waals surface area contributed by atoms with Gasteiger partial charge in [-0.15, -0.1) is 29.3 Å². The number of aliphatic hydroxyl groups is 1. The summed E-state index contributed by atoms with van der Waals surface area (Å²) in [6.45, 7) is 23.5. The second kappa shape index (κ2) is 15.2. The number of allylic oxidation sites excluding steroid dienone is 2. The summed E-state index contributed by atoms with van der Waals surface area (Å²) < 4.78 is 6.55. The van der Waals surface area contributed by atoms with E-state index in [2.05, 4.69) is 113 Å². The van der Waals surface area contributed by atoms with E-state index < -0.39 is 0 Å². The van der Waals surface area contributed by atoms with Crippen molar-refractivity contribution in [1.82, 2.24) is 4.98 Å². The number of nitrogens with zero attached hydrogens (tertiary/aromatic N) is 1. The number of carbonyl (C=O) groups is 1. The molecule has 1 aliphatic carbocycles. The fraction of sp³-hybridized carbons (Fsp3) is 0.388. The zero-order valence-electron chi connectivity index (χ0n) is 34.0. The number of para-hydroxylation sites is 1. The molecule has 0 aliphatic heterocycles. The summed E-state index contributed by atoms with van der Waals surface area (Å²) in [5.41, 5.74) is 8.13. The largest absolute Gasteiger partial charge is 0.512 e. The number of hydrogen-bond donors (Lipinski definition) is 1. The molecule has 0 atom stereocenters. The first-order chi connectivity index (χ1) is 25.1. The molecule has 1 N–H and O–H groups in total. The molecule has 0 amide bonds. The molecule has 0 saturated carbocycles. The van der Waals surface area contributed by atoms with Crippen LogP contribution in [0.15, 0.2) is 95.1 Å². The molecule has 285 valence electrons. The summed E-state index contributed by atoms with van der Waals surface area (Å²) in [5.74, 6) is 1.24. The maximum Gasteiger partial charge on any atom is 0.164 e. The van der Waals surface area contributed by atoms with Crippen LogP contribution in [0.4, 0.5) is 0 Å². The van der Waals surface area contributed by atoms with Gasteiger partial charge in [0.25, 0.3) is 0 Å². The quantitative estimate of drug-likeness (QED) is 0.0715. The van der Waals surface area contributed by atoms with E-state index >= 15 is 0 Å². The summed E-state index contributed by atoms with van der Waals surface area (Å²) in [7, 11) is 0. The molecule has 1 radical (unpaired) electrons. The van der Waals surface area contributed by atoms with Gasteiger partial charge in [0.1, 0.15) is 11.3 Å². The first-order valence-corrected chi connectivity index (χ1v) is 19.4. The first kappa shape index (κ1) is 41.1. The number of rotatable bonds is 8. The van der Waals surface area contributed by atoms with Gasteiger partial charge in [0.05, 0.1) is 11.3 Å². The topological polar surface area (TPSA) is 63.3 Å².